The molecular weight excluding hydrogens is 308 g/mol. The minimum atomic E-state index is -0.994. The summed E-state index contributed by atoms with van der Waals surface area (Å²) in [5.41, 5.74) is -0.666. The van der Waals surface area contributed by atoms with Gasteiger partial charge in [-0.25, -0.2) is 19.9 Å². The van der Waals surface area contributed by atoms with Crippen LogP contribution in [0, 0.1) is 6.92 Å². The van der Waals surface area contributed by atoms with Crippen LogP contribution in [0.2, 0.25) is 0 Å². The van der Waals surface area contributed by atoms with Gasteiger partial charge in [0.1, 0.15) is 17.1 Å². The number of β-amino-alcohol motifs (C(OH)–C–C–N with tert-alkyl or cyclic N) is 1. The maximum Gasteiger partial charge on any atom is 0.272 e. The van der Waals surface area contributed by atoms with Crippen molar-refractivity contribution in [3.05, 3.63) is 42.2 Å². The molecule has 126 valence electrons. The average molecular weight is 328 g/mol. The summed E-state index contributed by atoms with van der Waals surface area (Å²) >= 11 is 0. The second-order valence-electron chi connectivity index (χ2n) is 6.09. The Morgan fingerprint density at radius 2 is 2.08 bits per heavy atom. The lowest BCUT2D eigenvalue weighted by molar-refractivity contribution is 0.0261. The van der Waals surface area contributed by atoms with Crippen LogP contribution >= 0.6 is 0 Å². The molecular formula is C16H20N6O2. The number of amides is 1. The highest BCUT2D eigenvalue weighted by Crippen LogP contribution is 2.25. The second kappa shape index (κ2) is 6.48. The molecule has 1 N–H and O–H groups in total. The molecule has 1 amide bonds. The topological polar surface area (TPSA) is 95.3 Å². The van der Waals surface area contributed by atoms with Gasteiger partial charge in [0.15, 0.2) is 0 Å². The van der Waals surface area contributed by atoms with E-state index in [1.807, 2.05) is 4.90 Å². The molecule has 8 nitrogen and oxygen atoms in total. The third-order valence-corrected chi connectivity index (χ3v) is 4.04. The van der Waals surface area contributed by atoms with E-state index in [0.717, 1.165) is 0 Å². The predicted octanol–water partition coefficient (Wildman–Crippen LogP) is 0.288. The van der Waals surface area contributed by atoms with E-state index in [1.165, 1.54) is 4.90 Å². The van der Waals surface area contributed by atoms with E-state index in [2.05, 4.69) is 19.9 Å². The number of hydrogen-bond donors (Lipinski definition) is 1. The zero-order valence-electron chi connectivity index (χ0n) is 13.8. The maximum absolute atomic E-state index is 12.5. The number of aryl methyl sites for hydroxylation is 1. The number of carbonyl (C=O) groups is 1. The average Bonchev–Trinajstić information content (AvgIpc) is 2.97. The first-order chi connectivity index (χ1) is 11.5. The Bertz CT molecular complexity index is 726. The molecule has 3 heterocycles. The zero-order valence-corrected chi connectivity index (χ0v) is 13.8. The molecule has 1 aliphatic rings. The van der Waals surface area contributed by atoms with Crippen molar-refractivity contribution >= 4 is 11.9 Å². The summed E-state index contributed by atoms with van der Waals surface area (Å²) in [6, 6.07) is 3.33. The Kier molecular flexibility index (Phi) is 4.39. The Morgan fingerprint density at radius 3 is 2.79 bits per heavy atom. The second-order valence-corrected chi connectivity index (χ2v) is 6.09. The normalized spacial score (nSPS) is 20.2. The van der Waals surface area contributed by atoms with Crippen LogP contribution in [0.1, 0.15) is 22.7 Å². The first-order valence-electron chi connectivity index (χ1n) is 7.76. The first-order valence-corrected chi connectivity index (χ1v) is 7.76. The molecule has 8 heteroatoms. The quantitative estimate of drug-likeness (QED) is 0.861. The SMILES string of the molecule is Cc1nccc(C(=O)N(C)C[C@]2(O)CCN(c3ncccn3)C2)n1. The lowest BCUT2D eigenvalue weighted by Crippen LogP contribution is -2.46. The third-order valence-electron chi connectivity index (χ3n) is 4.04. The van der Waals surface area contributed by atoms with Crippen LogP contribution in [0.25, 0.3) is 0 Å². The van der Waals surface area contributed by atoms with Gasteiger partial charge in [-0.05, 0) is 25.5 Å². The standard InChI is InChI=1S/C16H20N6O2/c1-12-17-8-4-13(20-12)14(23)21(2)10-16(24)5-9-22(11-16)15-18-6-3-7-19-15/h3-4,6-8,24H,5,9-11H2,1-2H3/t16-/m1/s1. The molecule has 1 saturated heterocycles. The highest BCUT2D eigenvalue weighted by Gasteiger charge is 2.39. The fourth-order valence-corrected chi connectivity index (χ4v) is 2.89. The molecule has 0 spiro atoms. The van der Waals surface area contributed by atoms with Gasteiger partial charge >= 0.3 is 0 Å². The van der Waals surface area contributed by atoms with Gasteiger partial charge in [0, 0.05) is 32.2 Å². The van der Waals surface area contributed by atoms with Crippen molar-refractivity contribution < 1.29 is 9.90 Å². The van der Waals surface area contributed by atoms with Gasteiger partial charge in [0.05, 0.1) is 13.1 Å². The predicted molar refractivity (Wildman–Crippen MR) is 87.5 cm³/mol. The molecule has 2 aromatic rings. The molecule has 0 radical (unpaired) electrons. The Labute approximate surface area is 140 Å². The number of carbonyl (C=O) groups excluding carboxylic acids is 1. The van der Waals surface area contributed by atoms with Crippen LogP contribution in [-0.2, 0) is 0 Å². The van der Waals surface area contributed by atoms with Crippen LogP contribution in [0.4, 0.5) is 5.95 Å². The monoisotopic (exact) mass is 328 g/mol. The minimum Gasteiger partial charge on any atom is -0.386 e. The highest BCUT2D eigenvalue weighted by molar-refractivity contribution is 5.92. The molecule has 0 aromatic carbocycles. The van der Waals surface area contributed by atoms with E-state index in [0.29, 0.717) is 37.0 Å². The largest absolute Gasteiger partial charge is 0.386 e. The Balaban J connectivity index is 1.66. The molecule has 1 aliphatic heterocycles. The van der Waals surface area contributed by atoms with Crippen molar-refractivity contribution in [1.29, 1.82) is 0 Å². The van der Waals surface area contributed by atoms with E-state index < -0.39 is 5.60 Å². The van der Waals surface area contributed by atoms with Gasteiger partial charge in [-0.3, -0.25) is 4.79 Å². The number of aromatic nitrogens is 4. The summed E-state index contributed by atoms with van der Waals surface area (Å²) in [6.07, 6.45) is 5.45. The minimum absolute atomic E-state index is 0.220. The molecule has 2 aromatic heterocycles. The van der Waals surface area contributed by atoms with Crippen molar-refractivity contribution in [2.24, 2.45) is 0 Å². The van der Waals surface area contributed by atoms with Crippen LogP contribution in [0.5, 0.6) is 0 Å². The van der Waals surface area contributed by atoms with E-state index in [9.17, 15) is 9.90 Å². The van der Waals surface area contributed by atoms with Gasteiger partial charge in [-0.1, -0.05) is 0 Å². The summed E-state index contributed by atoms with van der Waals surface area (Å²) in [7, 11) is 1.67. The Hall–Kier alpha value is -2.61. The summed E-state index contributed by atoms with van der Waals surface area (Å²) in [6.45, 7) is 2.99. The molecule has 0 aliphatic carbocycles. The highest BCUT2D eigenvalue weighted by atomic mass is 16.3. The molecule has 0 unspecified atom stereocenters. The summed E-state index contributed by atoms with van der Waals surface area (Å²) in [5, 5.41) is 10.8. The van der Waals surface area contributed by atoms with Gasteiger partial charge in [0.25, 0.3) is 5.91 Å². The van der Waals surface area contributed by atoms with Gasteiger partial charge in [-0.15, -0.1) is 0 Å². The summed E-state index contributed by atoms with van der Waals surface area (Å²) in [4.78, 5) is 32.4. The molecule has 0 saturated carbocycles. The van der Waals surface area contributed by atoms with E-state index >= 15 is 0 Å². The Morgan fingerprint density at radius 1 is 1.33 bits per heavy atom. The lowest BCUT2D eigenvalue weighted by Gasteiger charge is -2.28. The number of nitrogens with zero attached hydrogens (tertiary/aromatic N) is 6. The van der Waals surface area contributed by atoms with Crippen LogP contribution in [0.15, 0.2) is 30.7 Å². The zero-order chi connectivity index (χ0) is 17.2. The van der Waals surface area contributed by atoms with Crippen LogP contribution < -0.4 is 4.90 Å². The number of likely N-dealkylation sites (N-methyl/N-ethyl adjacent to an activating group) is 1. The smallest absolute Gasteiger partial charge is 0.272 e. The molecule has 0 bridgehead atoms. The van der Waals surface area contributed by atoms with Crippen molar-refractivity contribution in [3.8, 4) is 0 Å². The number of rotatable bonds is 4. The van der Waals surface area contributed by atoms with Gasteiger partial charge in [0.2, 0.25) is 5.95 Å². The van der Waals surface area contributed by atoms with Crippen molar-refractivity contribution in [3.63, 3.8) is 0 Å². The number of hydrogen-bond acceptors (Lipinski definition) is 7. The molecule has 1 fully saturated rings. The van der Waals surface area contributed by atoms with Gasteiger partial charge in [-0.2, -0.15) is 0 Å². The summed E-state index contributed by atoms with van der Waals surface area (Å²) in [5.74, 6) is 0.901. The lowest BCUT2D eigenvalue weighted by atomic mass is 10.0. The van der Waals surface area contributed by atoms with Crippen LogP contribution in [0.3, 0.4) is 0 Å². The third kappa shape index (κ3) is 3.48. The molecule has 24 heavy (non-hydrogen) atoms. The molecule has 1 atom stereocenters. The van der Waals surface area contributed by atoms with E-state index in [1.54, 1.807) is 44.7 Å². The number of aliphatic hydroxyl groups is 1. The number of anilines is 1. The molecule has 3 rings (SSSR count). The van der Waals surface area contributed by atoms with E-state index in [4.69, 9.17) is 0 Å². The van der Waals surface area contributed by atoms with Crippen molar-refractivity contribution in [2.45, 2.75) is 18.9 Å². The van der Waals surface area contributed by atoms with Crippen molar-refractivity contribution in [1.82, 2.24) is 24.8 Å². The maximum atomic E-state index is 12.5. The summed E-state index contributed by atoms with van der Waals surface area (Å²) < 4.78 is 0. The fraction of sp³-hybridized carbons (Fsp3) is 0.438. The van der Waals surface area contributed by atoms with Crippen LogP contribution in [-0.4, -0.2) is 68.1 Å². The fourth-order valence-electron chi connectivity index (χ4n) is 2.89. The first kappa shape index (κ1) is 16.3. The van der Waals surface area contributed by atoms with Gasteiger partial charge < -0.3 is 14.9 Å². The van der Waals surface area contributed by atoms with Crippen molar-refractivity contribution in [2.75, 3.05) is 31.6 Å². The van der Waals surface area contributed by atoms with E-state index in [-0.39, 0.29) is 12.5 Å².